The van der Waals surface area contributed by atoms with Crippen molar-refractivity contribution in [2.75, 3.05) is 6.54 Å². The lowest BCUT2D eigenvalue weighted by molar-refractivity contribution is -0.577. The maximum absolute atomic E-state index is 13.6. The number of hydrogen-bond acceptors (Lipinski definition) is 4. The van der Waals surface area contributed by atoms with Gasteiger partial charge in [-0.3, -0.25) is 14.5 Å². The molecule has 3 aromatic rings. The van der Waals surface area contributed by atoms with Gasteiger partial charge < -0.3 is 5.11 Å². The number of rotatable bonds is 7. The summed E-state index contributed by atoms with van der Waals surface area (Å²) >= 11 is 0. The molecule has 0 unspecified atom stereocenters. The third-order valence-corrected chi connectivity index (χ3v) is 5.72. The Hall–Kier alpha value is -3.74. The number of carbonyl (C=O) groups excluding carboxylic acids is 2. The number of imide groups is 1. The predicted octanol–water partition coefficient (Wildman–Crippen LogP) is 2.75. The Kier molecular flexibility index (Phi) is 6.14. The Bertz CT molecular complexity index is 1240. The first-order chi connectivity index (χ1) is 15.9. The highest BCUT2D eigenvalue weighted by Gasteiger charge is 2.46. The van der Waals surface area contributed by atoms with E-state index in [-0.39, 0.29) is 29.3 Å². The van der Waals surface area contributed by atoms with Crippen molar-refractivity contribution in [2.24, 2.45) is 5.92 Å². The van der Waals surface area contributed by atoms with Gasteiger partial charge in [0.1, 0.15) is 5.57 Å². The van der Waals surface area contributed by atoms with E-state index < -0.39 is 17.7 Å². The monoisotopic (exact) mass is 444 g/mol. The van der Waals surface area contributed by atoms with Crippen LogP contribution in [-0.2, 0) is 22.4 Å². The van der Waals surface area contributed by atoms with Gasteiger partial charge in [-0.1, -0.05) is 45.9 Å². The highest BCUT2D eigenvalue weighted by atomic mass is 16.3. The minimum atomic E-state index is -0.447. The molecule has 1 aliphatic rings. The second-order valence-electron chi connectivity index (χ2n) is 8.54. The summed E-state index contributed by atoms with van der Waals surface area (Å²) in [6.45, 7) is 8.09. The number of aromatic nitrogens is 3. The second-order valence-corrected chi connectivity index (χ2v) is 8.54. The van der Waals surface area contributed by atoms with E-state index in [4.69, 9.17) is 0 Å². The van der Waals surface area contributed by atoms with Crippen molar-refractivity contribution in [1.82, 2.24) is 14.7 Å². The summed E-state index contributed by atoms with van der Waals surface area (Å²) in [6.07, 6.45) is 4.82. The molecule has 7 heteroatoms. The van der Waals surface area contributed by atoms with Gasteiger partial charge in [0.25, 0.3) is 11.6 Å². The molecule has 0 spiro atoms. The number of hydrogen-bond donors (Lipinski definition) is 0. The molecule has 4 rings (SSSR count). The lowest BCUT2D eigenvalue weighted by Gasteiger charge is -2.17. The van der Waals surface area contributed by atoms with Crippen LogP contribution < -0.4 is 9.67 Å². The van der Waals surface area contributed by atoms with Crippen LogP contribution in [0.15, 0.2) is 54.9 Å². The molecule has 0 N–H and O–H groups in total. The van der Waals surface area contributed by atoms with Crippen LogP contribution in [0.5, 0.6) is 5.88 Å². The lowest BCUT2D eigenvalue weighted by Crippen LogP contribution is -2.41. The second kappa shape index (κ2) is 9.02. The van der Waals surface area contributed by atoms with Gasteiger partial charge in [-0.05, 0) is 42.8 Å². The van der Waals surface area contributed by atoms with Crippen LogP contribution >= 0.6 is 0 Å². The topological polar surface area (TPSA) is 82.1 Å². The zero-order valence-electron chi connectivity index (χ0n) is 19.4. The van der Waals surface area contributed by atoms with Crippen LogP contribution in [0.2, 0.25) is 0 Å². The molecule has 2 amide bonds. The average molecular weight is 445 g/mol. The fraction of sp³-hybridized carbons (Fsp3) is 0.308. The number of pyridine rings is 1. The molecule has 0 saturated carbocycles. The fourth-order valence-electron chi connectivity index (χ4n) is 4.12. The van der Waals surface area contributed by atoms with E-state index in [9.17, 15) is 14.7 Å². The van der Waals surface area contributed by atoms with Crippen molar-refractivity contribution in [2.45, 2.75) is 40.5 Å². The lowest BCUT2D eigenvalue weighted by atomic mass is 10.0. The minimum absolute atomic E-state index is 0.0925. The van der Waals surface area contributed by atoms with Crippen molar-refractivity contribution >= 4 is 23.1 Å². The number of carbonyl (C=O) groups is 2. The SMILES string of the molecule is CCc1ccc[n+](C2=C(c3c(CC)nn(-c4ccccc4)c3[O-])C(=O)N(CC(C)C)C2=O)c1. The molecule has 1 aliphatic heterocycles. The molecule has 7 nitrogen and oxygen atoms in total. The van der Waals surface area contributed by atoms with E-state index in [1.807, 2.05) is 64.2 Å². The molecule has 0 bridgehead atoms. The van der Waals surface area contributed by atoms with Gasteiger partial charge in [0.15, 0.2) is 12.4 Å². The quantitative estimate of drug-likeness (QED) is 0.415. The number of nitrogens with zero attached hydrogens (tertiary/aromatic N) is 4. The Labute approximate surface area is 193 Å². The number of benzene rings is 1. The van der Waals surface area contributed by atoms with E-state index in [1.54, 1.807) is 22.9 Å². The van der Waals surface area contributed by atoms with Crippen molar-refractivity contribution in [3.05, 3.63) is 71.7 Å². The maximum atomic E-state index is 13.6. The highest BCUT2D eigenvalue weighted by molar-refractivity contribution is 6.44. The molecular formula is C26H28N4O3. The maximum Gasteiger partial charge on any atom is 0.326 e. The zero-order chi connectivity index (χ0) is 23.7. The average Bonchev–Trinajstić information content (AvgIpc) is 3.27. The van der Waals surface area contributed by atoms with Crippen LogP contribution in [0, 0.1) is 5.92 Å². The number of aryl methyl sites for hydroxylation is 2. The molecule has 3 heterocycles. The molecule has 170 valence electrons. The summed E-state index contributed by atoms with van der Waals surface area (Å²) in [7, 11) is 0. The summed E-state index contributed by atoms with van der Waals surface area (Å²) < 4.78 is 2.99. The van der Waals surface area contributed by atoms with Crippen molar-refractivity contribution in [3.8, 4) is 11.6 Å². The first-order valence-electron chi connectivity index (χ1n) is 11.3. The van der Waals surface area contributed by atoms with Crippen LogP contribution in [-0.4, -0.2) is 33.0 Å². The first kappa shape index (κ1) is 22.5. The van der Waals surface area contributed by atoms with E-state index in [2.05, 4.69) is 5.10 Å². The summed E-state index contributed by atoms with van der Waals surface area (Å²) in [6, 6.07) is 12.9. The van der Waals surface area contributed by atoms with Gasteiger partial charge in [0, 0.05) is 23.7 Å². The third kappa shape index (κ3) is 3.95. The summed E-state index contributed by atoms with van der Waals surface area (Å²) in [5.74, 6) is -1.14. The molecular weight excluding hydrogens is 416 g/mol. The van der Waals surface area contributed by atoms with Crippen molar-refractivity contribution in [3.63, 3.8) is 0 Å². The van der Waals surface area contributed by atoms with Crippen LogP contribution in [0.25, 0.3) is 17.0 Å². The van der Waals surface area contributed by atoms with Gasteiger partial charge in [-0.25, -0.2) is 4.68 Å². The fourth-order valence-corrected chi connectivity index (χ4v) is 4.12. The molecule has 0 atom stereocenters. The van der Waals surface area contributed by atoms with Gasteiger partial charge >= 0.3 is 5.91 Å². The van der Waals surface area contributed by atoms with E-state index in [0.29, 0.717) is 17.8 Å². The van der Waals surface area contributed by atoms with Crippen molar-refractivity contribution < 1.29 is 19.3 Å². The summed E-state index contributed by atoms with van der Waals surface area (Å²) in [5, 5.41) is 18.1. The molecule has 0 aliphatic carbocycles. The Morgan fingerprint density at radius 3 is 2.36 bits per heavy atom. The smallest absolute Gasteiger partial charge is 0.326 e. The van der Waals surface area contributed by atoms with Crippen molar-refractivity contribution in [1.29, 1.82) is 0 Å². The molecule has 0 radical (unpaired) electrons. The molecule has 0 saturated heterocycles. The Morgan fingerprint density at radius 1 is 1.00 bits per heavy atom. The predicted molar refractivity (Wildman–Crippen MR) is 123 cm³/mol. The van der Waals surface area contributed by atoms with E-state index in [0.717, 1.165) is 12.0 Å². The Morgan fingerprint density at radius 2 is 1.73 bits per heavy atom. The Balaban J connectivity index is 1.99. The standard InChI is InChI=1S/C26H28N4O3/c1-5-18-11-10-14-28(16-18)23-22(24(31)29(26(23)33)15-17(3)4)21-20(6-2)27-30(25(21)32)19-12-8-7-9-13-19/h7-14,16-17H,5-6,15H2,1-4H3. The van der Waals surface area contributed by atoms with Gasteiger partial charge in [0.05, 0.1) is 11.4 Å². The van der Waals surface area contributed by atoms with Crippen LogP contribution in [0.4, 0.5) is 0 Å². The third-order valence-electron chi connectivity index (χ3n) is 5.72. The van der Waals surface area contributed by atoms with E-state index in [1.165, 1.54) is 9.58 Å². The minimum Gasteiger partial charge on any atom is -0.858 e. The normalized spacial score (nSPS) is 14.2. The van der Waals surface area contributed by atoms with Gasteiger partial charge in [-0.15, -0.1) is 0 Å². The van der Waals surface area contributed by atoms with Gasteiger partial charge in [-0.2, -0.15) is 9.67 Å². The molecule has 2 aromatic heterocycles. The summed E-state index contributed by atoms with van der Waals surface area (Å²) in [4.78, 5) is 28.4. The van der Waals surface area contributed by atoms with Gasteiger partial charge in [0.2, 0.25) is 0 Å². The number of para-hydroxylation sites is 1. The van der Waals surface area contributed by atoms with E-state index >= 15 is 0 Å². The zero-order valence-corrected chi connectivity index (χ0v) is 19.4. The highest BCUT2D eigenvalue weighted by Crippen LogP contribution is 2.37. The molecule has 33 heavy (non-hydrogen) atoms. The molecule has 0 fully saturated rings. The van der Waals surface area contributed by atoms with Crippen LogP contribution in [0.1, 0.15) is 44.5 Å². The first-order valence-corrected chi connectivity index (χ1v) is 11.3. The van der Waals surface area contributed by atoms with Crippen LogP contribution in [0.3, 0.4) is 0 Å². The molecule has 1 aromatic carbocycles. The summed E-state index contributed by atoms with van der Waals surface area (Å²) in [5.41, 5.74) is 2.66. The number of amides is 2. The largest absolute Gasteiger partial charge is 0.858 e.